The fourth-order valence-electron chi connectivity index (χ4n) is 5.48. The van der Waals surface area contributed by atoms with Crippen molar-refractivity contribution in [3.63, 3.8) is 0 Å². The molecule has 2 aliphatic carbocycles. The van der Waals surface area contributed by atoms with Crippen LogP contribution in [-0.2, 0) is 0 Å². The largest absolute Gasteiger partial charge is 0.390 e. The summed E-state index contributed by atoms with van der Waals surface area (Å²) in [5, 5.41) is 42.7. The summed E-state index contributed by atoms with van der Waals surface area (Å²) in [7, 11) is 0. The lowest BCUT2D eigenvalue weighted by atomic mass is 9.44. The monoisotopic (exact) mass is 338 g/mol. The molecule has 138 valence electrons. The van der Waals surface area contributed by atoms with Crippen LogP contribution in [0.1, 0.15) is 53.9 Å². The molecule has 2 fully saturated rings. The molecule has 0 radical (unpaired) electrons. The number of aliphatic hydroxyl groups is 4. The molecule has 4 nitrogen and oxygen atoms in total. The van der Waals surface area contributed by atoms with Crippen LogP contribution in [0.25, 0.3) is 0 Å². The Kier molecular flexibility index (Phi) is 4.86. The molecule has 4 heteroatoms. The first-order chi connectivity index (χ1) is 10.8. The van der Waals surface area contributed by atoms with E-state index in [0.717, 1.165) is 19.3 Å². The van der Waals surface area contributed by atoms with Crippen molar-refractivity contribution in [1.82, 2.24) is 0 Å². The first kappa shape index (κ1) is 19.6. The van der Waals surface area contributed by atoms with E-state index in [1.807, 2.05) is 6.08 Å². The standard InChI is InChI=1S/C20H34O4/c1-7-18(4,23)12-9-13-19(5)11-8-10-17(2,3)15(19)14(21)16(22)20(13,6)24/h7,9,12-16,21-24H,1,8,10-11H2,2-6H3/b12-9+/t13-,14-,15+,16+,18+,19-,20+/m1/s1. The Balaban J connectivity index is 2.55. The Morgan fingerprint density at radius 2 is 1.71 bits per heavy atom. The first-order valence-corrected chi connectivity index (χ1v) is 8.93. The summed E-state index contributed by atoms with van der Waals surface area (Å²) in [6, 6.07) is 0. The number of rotatable bonds is 3. The third kappa shape index (κ3) is 2.98. The maximum Gasteiger partial charge on any atom is 0.109 e. The van der Waals surface area contributed by atoms with Gasteiger partial charge in [0.15, 0.2) is 0 Å². The van der Waals surface area contributed by atoms with Crippen LogP contribution in [0.4, 0.5) is 0 Å². The zero-order valence-corrected chi connectivity index (χ0v) is 15.7. The second-order valence-electron chi connectivity index (χ2n) is 9.25. The molecule has 4 N–H and O–H groups in total. The number of aliphatic hydroxyl groups excluding tert-OH is 2. The smallest absolute Gasteiger partial charge is 0.109 e. The maximum atomic E-state index is 11.0. The summed E-state index contributed by atoms with van der Waals surface area (Å²) >= 11 is 0. The van der Waals surface area contributed by atoms with Gasteiger partial charge in [-0.1, -0.05) is 52.0 Å². The summed E-state index contributed by atoms with van der Waals surface area (Å²) in [4.78, 5) is 0. The van der Waals surface area contributed by atoms with Gasteiger partial charge in [0.25, 0.3) is 0 Å². The maximum absolute atomic E-state index is 11.0. The lowest BCUT2D eigenvalue weighted by molar-refractivity contribution is -0.255. The van der Waals surface area contributed by atoms with E-state index in [0.29, 0.717) is 0 Å². The topological polar surface area (TPSA) is 80.9 Å². The molecule has 0 spiro atoms. The van der Waals surface area contributed by atoms with Gasteiger partial charge in [-0.3, -0.25) is 0 Å². The summed E-state index contributed by atoms with van der Waals surface area (Å²) in [6.45, 7) is 13.2. The van der Waals surface area contributed by atoms with Gasteiger partial charge in [0.05, 0.1) is 17.3 Å². The molecule has 0 heterocycles. The molecule has 0 unspecified atom stereocenters. The second kappa shape index (κ2) is 5.94. The first-order valence-electron chi connectivity index (χ1n) is 8.93. The lowest BCUT2D eigenvalue weighted by Gasteiger charge is -2.63. The van der Waals surface area contributed by atoms with Crippen molar-refractivity contribution in [3.8, 4) is 0 Å². The Labute approximate surface area is 145 Å². The average molecular weight is 338 g/mol. The fourth-order valence-corrected chi connectivity index (χ4v) is 5.48. The van der Waals surface area contributed by atoms with Gasteiger partial charge < -0.3 is 20.4 Å². The van der Waals surface area contributed by atoms with Crippen LogP contribution in [0, 0.1) is 22.7 Å². The highest BCUT2D eigenvalue weighted by Crippen LogP contribution is 2.62. The van der Waals surface area contributed by atoms with Crippen LogP contribution < -0.4 is 0 Å². The molecule has 0 aromatic rings. The highest BCUT2D eigenvalue weighted by Gasteiger charge is 2.64. The van der Waals surface area contributed by atoms with Gasteiger partial charge in [-0.25, -0.2) is 0 Å². The average Bonchev–Trinajstić information content (AvgIpc) is 2.43. The number of hydrogen-bond acceptors (Lipinski definition) is 4. The minimum absolute atomic E-state index is 0.127. The molecule has 0 saturated heterocycles. The molecule has 0 aliphatic heterocycles. The van der Waals surface area contributed by atoms with Crippen LogP contribution in [0.2, 0.25) is 0 Å². The third-order valence-corrected chi connectivity index (χ3v) is 6.73. The van der Waals surface area contributed by atoms with Crippen LogP contribution in [0.15, 0.2) is 24.8 Å². The molecular formula is C20H34O4. The summed E-state index contributed by atoms with van der Waals surface area (Å²) < 4.78 is 0. The zero-order valence-electron chi connectivity index (χ0n) is 15.7. The summed E-state index contributed by atoms with van der Waals surface area (Å²) in [5.41, 5.74) is -3.13. The molecule has 2 saturated carbocycles. The predicted octanol–water partition coefficient (Wildman–Crippen LogP) is 2.41. The molecule has 0 aromatic heterocycles. The van der Waals surface area contributed by atoms with Crippen molar-refractivity contribution in [2.24, 2.45) is 22.7 Å². The van der Waals surface area contributed by atoms with Crippen molar-refractivity contribution < 1.29 is 20.4 Å². The van der Waals surface area contributed by atoms with Crippen molar-refractivity contribution in [2.45, 2.75) is 77.3 Å². The highest BCUT2D eigenvalue weighted by molar-refractivity contribution is 5.21. The molecule has 24 heavy (non-hydrogen) atoms. The number of hydrogen-bond donors (Lipinski definition) is 4. The molecular weight excluding hydrogens is 304 g/mol. The molecule has 0 amide bonds. The van der Waals surface area contributed by atoms with E-state index >= 15 is 0 Å². The summed E-state index contributed by atoms with van der Waals surface area (Å²) in [5.74, 6) is -0.503. The normalized spacial score (nSPS) is 47.9. The molecule has 2 aliphatic rings. The van der Waals surface area contributed by atoms with Gasteiger partial charge in [-0.2, -0.15) is 0 Å². The molecule has 7 atom stereocenters. The molecule has 0 aromatic carbocycles. The van der Waals surface area contributed by atoms with Crippen LogP contribution in [0.3, 0.4) is 0 Å². The second-order valence-corrected chi connectivity index (χ2v) is 9.25. The van der Waals surface area contributed by atoms with Crippen LogP contribution in [0.5, 0.6) is 0 Å². The van der Waals surface area contributed by atoms with Crippen molar-refractivity contribution >= 4 is 0 Å². The van der Waals surface area contributed by atoms with Gasteiger partial charge in [0.2, 0.25) is 0 Å². The van der Waals surface area contributed by atoms with E-state index in [1.165, 1.54) is 6.08 Å². The Morgan fingerprint density at radius 1 is 1.12 bits per heavy atom. The van der Waals surface area contributed by atoms with Gasteiger partial charge in [0, 0.05) is 5.92 Å². The van der Waals surface area contributed by atoms with E-state index in [4.69, 9.17) is 0 Å². The Bertz CT molecular complexity index is 520. The zero-order chi connectivity index (χ0) is 18.6. The quantitative estimate of drug-likeness (QED) is 0.596. The fraction of sp³-hybridized carbons (Fsp3) is 0.800. The Hall–Kier alpha value is -0.680. The lowest BCUT2D eigenvalue weighted by Crippen LogP contribution is -2.69. The van der Waals surface area contributed by atoms with E-state index in [9.17, 15) is 20.4 Å². The van der Waals surface area contributed by atoms with Gasteiger partial charge in [-0.15, -0.1) is 0 Å². The van der Waals surface area contributed by atoms with Crippen LogP contribution >= 0.6 is 0 Å². The van der Waals surface area contributed by atoms with E-state index in [2.05, 4.69) is 27.4 Å². The van der Waals surface area contributed by atoms with Crippen molar-refractivity contribution in [3.05, 3.63) is 24.8 Å². The molecule has 0 bridgehead atoms. The minimum atomic E-state index is -1.47. The van der Waals surface area contributed by atoms with E-state index < -0.39 is 23.4 Å². The van der Waals surface area contributed by atoms with E-state index in [-0.39, 0.29) is 22.7 Å². The Morgan fingerprint density at radius 3 is 2.25 bits per heavy atom. The van der Waals surface area contributed by atoms with Crippen molar-refractivity contribution in [2.75, 3.05) is 0 Å². The third-order valence-electron chi connectivity index (χ3n) is 6.73. The predicted molar refractivity (Wildman–Crippen MR) is 95.3 cm³/mol. The van der Waals surface area contributed by atoms with Crippen LogP contribution in [-0.4, -0.2) is 43.8 Å². The highest BCUT2D eigenvalue weighted by atomic mass is 16.4. The van der Waals surface area contributed by atoms with Gasteiger partial charge in [-0.05, 0) is 43.4 Å². The van der Waals surface area contributed by atoms with E-state index in [1.54, 1.807) is 19.9 Å². The van der Waals surface area contributed by atoms with Gasteiger partial charge in [0.1, 0.15) is 6.10 Å². The SMILES string of the molecule is C=C[C@](C)(O)/C=C/[C@H]1[C@](C)(O)[C@@H](O)[C@H](O)[C@H]2C(C)(C)CCC[C@@]21C. The van der Waals surface area contributed by atoms with Crippen molar-refractivity contribution in [1.29, 1.82) is 0 Å². The summed E-state index contributed by atoms with van der Waals surface area (Å²) in [6.07, 6.45) is 5.56. The minimum Gasteiger partial charge on any atom is -0.390 e. The molecule has 2 rings (SSSR count). The van der Waals surface area contributed by atoms with Gasteiger partial charge >= 0.3 is 0 Å². The number of fused-ring (bicyclic) bond motifs is 1.